The fourth-order valence-electron chi connectivity index (χ4n) is 0.893. The van der Waals surface area contributed by atoms with E-state index in [1.807, 2.05) is 0 Å². The number of halogens is 2. The van der Waals surface area contributed by atoms with Gasteiger partial charge in [-0.3, -0.25) is 0 Å². The van der Waals surface area contributed by atoms with Gasteiger partial charge in [-0.1, -0.05) is 6.07 Å². The lowest BCUT2D eigenvalue weighted by Crippen LogP contribution is -2.19. The van der Waals surface area contributed by atoms with Gasteiger partial charge in [0, 0.05) is 0 Å². The molecule has 1 aromatic rings. The summed E-state index contributed by atoms with van der Waals surface area (Å²) in [5.74, 6) is -1.43. The average Bonchev–Trinajstić information content (AvgIpc) is 2.15. The fraction of sp³-hybridized carbons (Fsp3) is 0.364. The predicted octanol–water partition coefficient (Wildman–Crippen LogP) is 2.85. The second-order valence-corrected chi connectivity index (χ2v) is 6.17. The number of hydrogen-bond acceptors (Lipinski definition) is 1. The smallest absolute Gasteiger partial charge is 0.144 e. The molecule has 0 saturated carbocycles. The van der Waals surface area contributed by atoms with Crippen LogP contribution in [-0.4, -0.2) is 15.2 Å². The van der Waals surface area contributed by atoms with Crippen molar-refractivity contribution in [2.24, 2.45) is 4.40 Å². The maximum atomic E-state index is 13.2. The lowest BCUT2D eigenvalue weighted by molar-refractivity contribution is 0.580. The summed E-state index contributed by atoms with van der Waals surface area (Å²) in [6.45, 7) is 5.20. The topological polar surface area (TPSA) is 29.4 Å². The molecule has 0 aromatic heterocycles. The minimum Gasteiger partial charge on any atom is -0.234 e. The van der Waals surface area contributed by atoms with Crippen LogP contribution in [0.1, 0.15) is 26.3 Å². The molecule has 2 nitrogen and oxygen atoms in total. The van der Waals surface area contributed by atoms with Crippen LogP contribution in [0.15, 0.2) is 22.6 Å². The second kappa shape index (κ2) is 4.82. The van der Waals surface area contributed by atoms with Gasteiger partial charge in [0.15, 0.2) is 0 Å². The van der Waals surface area contributed by atoms with Crippen molar-refractivity contribution in [3.63, 3.8) is 0 Å². The normalized spacial score (nSPS) is 14.3. The number of benzene rings is 1. The van der Waals surface area contributed by atoms with E-state index < -0.39 is 27.4 Å². The first-order chi connectivity index (χ1) is 7.32. The molecule has 0 aliphatic rings. The Bertz CT molecular complexity index is 418. The van der Waals surface area contributed by atoms with Gasteiger partial charge in [-0.15, -0.1) is 0 Å². The Morgan fingerprint density at radius 2 is 1.75 bits per heavy atom. The van der Waals surface area contributed by atoms with Crippen molar-refractivity contribution >= 4 is 17.2 Å². The van der Waals surface area contributed by atoms with Gasteiger partial charge in [0.1, 0.15) is 22.6 Å². The van der Waals surface area contributed by atoms with Crippen LogP contribution in [0.2, 0.25) is 0 Å². The zero-order valence-electron chi connectivity index (χ0n) is 9.33. The molecule has 0 aliphatic carbocycles. The summed E-state index contributed by atoms with van der Waals surface area (Å²) in [5.41, 5.74) is -0.264. The van der Waals surface area contributed by atoms with Crippen LogP contribution in [0.25, 0.3) is 0 Å². The van der Waals surface area contributed by atoms with Crippen molar-refractivity contribution in [1.29, 1.82) is 0 Å². The maximum absolute atomic E-state index is 13.2. The third-order valence-electron chi connectivity index (χ3n) is 1.80. The molecule has 0 spiro atoms. The molecule has 16 heavy (non-hydrogen) atoms. The molecule has 0 fully saturated rings. The molecular weight excluding hydrogens is 232 g/mol. The molecule has 5 heteroatoms. The average molecular weight is 245 g/mol. The van der Waals surface area contributed by atoms with E-state index in [-0.39, 0.29) is 5.56 Å². The first-order valence-corrected chi connectivity index (χ1v) is 5.83. The monoisotopic (exact) mass is 245 g/mol. The SMILES string of the molecule is CC(C)(C)[S@@](=O)N=Cc1c(F)cccc1F. The fourth-order valence-corrected chi connectivity index (χ4v) is 1.41. The lowest BCUT2D eigenvalue weighted by atomic mass is 10.2. The molecule has 0 aliphatic heterocycles. The van der Waals surface area contributed by atoms with Crippen molar-refractivity contribution in [1.82, 2.24) is 0 Å². The summed E-state index contributed by atoms with van der Waals surface area (Å²) in [6.07, 6.45) is 0.978. The maximum Gasteiger partial charge on any atom is 0.144 e. The highest BCUT2D eigenvalue weighted by Gasteiger charge is 2.18. The Balaban J connectivity index is 2.98. The zero-order chi connectivity index (χ0) is 12.3. The van der Waals surface area contributed by atoms with Crippen molar-refractivity contribution in [2.45, 2.75) is 25.5 Å². The summed E-state index contributed by atoms with van der Waals surface area (Å²) < 4.78 is 41.0. The molecule has 1 atom stereocenters. The molecule has 0 saturated heterocycles. The Kier molecular flexibility index (Phi) is 3.91. The molecule has 88 valence electrons. The van der Waals surface area contributed by atoms with Crippen molar-refractivity contribution < 1.29 is 13.0 Å². The number of hydrogen-bond donors (Lipinski definition) is 0. The van der Waals surface area contributed by atoms with Gasteiger partial charge in [-0.05, 0) is 32.9 Å². The highest BCUT2D eigenvalue weighted by molar-refractivity contribution is 7.85. The van der Waals surface area contributed by atoms with Crippen LogP contribution in [0.4, 0.5) is 8.78 Å². The molecule has 0 bridgehead atoms. The minimum absolute atomic E-state index is 0.264. The van der Waals surface area contributed by atoms with Gasteiger partial charge in [-0.2, -0.15) is 4.40 Å². The highest BCUT2D eigenvalue weighted by Crippen LogP contribution is 2.14. The molecular formula is C11H13F2NOS. The van der Waals surface area contributed by atoms with Gasteiger partial charge in [0.2, 0.25) is 0 Å². The third kappa shape index (κ3) is 3.20. The van der Waals surface area contributed by atoms with Crippen LogP contribution in [-0.2, 0) is 11.0 Å². The van der Waals surface area contributed by atoms with E-state index in [0.717, 1.165) is 18.3 Å². The van der Waals surface area contributed by atoms with E-state index in [2.05, 4.69) is 4.40 Å². The van der Waals surface area contributed by atoms with Gasteiger partial charge in [0.05, 0.1) is 16.5 Å². The largest absolute Gasteiger partial charge is 0.234 e. The molecule has 0 unspecified atom stereocenters. The Morgan fingerprint density at radius 1 is 1.25 bits per heavy atom. The van der Waals surface area contributed by atoms with Crippen LogP contribution < -0.4 is 0 Å². The van der Waals surface area contributed by atoms with Crippen LogP contribution in [0.3, 0.4) is 0 Å². The van der Waals surface area contributed by atoms with Crippen LogP contribution in [0.5, 0.6) is 0 Å². The quantitative estimate of drug-likeness (QED) is 0.737. The zero-order valence-corrected chi connectivity index (χ0v) is 10.1. The van der Waals surface area contributed by atoms with Gasteiger partial charge < -0.3 is 0 Å². The molecule has 1 aromatic carbocycles. The standard InChI is InChI=1S/C11H13F2NOS/c1-11(2,3)16(15)14-7-8-9(12)5-4-6-10(8)13/h4-7H,1-3H3/t16-/m1/s1. The summed E-state index contributed by atoms with van der Waals surface area (Å²) in [6, 6.07) is 3.53. The van der Waals surface area contributed by atoms with E-state index in [4.69, 9.17) is 0 Å². The third-order valence-corrected chi connectivity index (χ3v) is 3.15. The highest BCUT2D eigenvalue weighted by atomic mass is 32.2. The van der Waals surface area contributed by atoms with Crippen LogP contribution >= 0.6 is 0 Å². The summed E-state index contributed by atoms with van der Waals surface area (Å²) >= 11 is 0. The molecule has 1 rings (SSSR count). The van der Waals surface area contributed by atoms with E-state index >= 15 is 0 Å². The van der Waals surface area contributed by atoms with E-state index in [1.54, 1.807) is 20.8 Å². The predicted molar refractivity (Wildman–Crippen MR) is 61.8 cm³/mol. The number of rotatable bonds is 2. The van der Waals surface area contributed by atoms with Gasteiger partial charge in [-0.25, -0.2) is 13.0 Å². The Morgan fingerprint density at radius 3 is 2.19 bits per heavy atom. The van der Waals surface area contributed by atoms with E-state index in [9.17, 15) is 13.0 Å². The first kappa shape index (κ1) is 13.0. The van der Waals surface area contributed by atoms with E-state index in [1.165, 1.54) is 6.07 Å². The van der Waals surface area contributed by atoms with Crippen molar-refractivity contribution in [3.05, 3.63) is 35.4 Å². The first-order valence-electron chi connectivity index (χ1n) is 4.72. The summed E-state index contributed by atoms with van der Waals surface area (Å²) in [5, 5.41) is 0. The van der Waals surface area contributed by atoms with Gasteiger partial charge in [0.25, 0.3) is 0 Å². The van der Waals surface area contributed by atoms with Gasteiger partial charge >= 0.3 is 0 Å². The van der Waals surface area contributed by atoms with Crippen LogP contribution in [0, 0.1) is 11.6 Å². The minimum atomic E-state index is -1.52. The van der Waals surface area contributed by atoms with Crippen molar-refractivity contribution in [2.75, 3.05) is 0 Å². The lowest BCUT2D eigenvalue weighted by Gasteiger charge is -2.12. The van der Waals surface area contributed by atoms with Crippen molar-refractivity contribution in [3.8, 4) is 0 Å². The Hall–Kier alpha value is -1.10. The summed E-state index contributed by atoms with van der Waals surface area (Å²) in [4.78, 5) is 0. The summed E-state index contributed by atoms with van der Waals surface area (Å²) in [7, 11) is -1.52. The number of nitrogens with zero attached hydrogens (tertiary/aromatic N) is 1. The van der Waals surface area contributed by atoms with E-state index in [0.29, 0.717) is 0 Å². The molecule has 0 radical (unpaired) electrons. The molecule has 0 N–H and O–H groups in total. The molecule has 0 heterocycles. The Labute approximate surface area is 96.0 Å². The molecule has 0 amide bonds. The second-order valence-electron chi connectivity index (χ2n) is 4.23.